The molecule has 0 saturated heterocycles. The highest BCUT2D eigenvalue weighted by Crippen LogP contribution is 2.14. The maximum absolute atomic E-state index is 12.1. The van der Waals surface area contributed by atoms with Crippen molar-refractivity contribution in [2.75, 3.05) is 7.11 Å². The molecule has 0 radical (unpaired) electrons. The predicted molar refractivity (Wildman–Crippen MR) is 87.8 cm³/mol. The molecule has 0 bridgehead atoms. The van der Waals surface area contributed by atoms with E-state index in [2.05, 4.69) is 21.2 Å². The molecule has 0 aliphatic carbocycles. The third kappa shape index (κ3) is 4.60. The van der Waals surface area contributed by atoms with Crippen LogP contribution in [0.4, 0.5) is 0 Å². The van der Waals surface area contributed by atoms with E-state index in [0.717, 1.165) is 22.2 Å². The number of rotatable bonds is 5. The first kappa shape index (κ1) is 15.6. The van der Waals surface area contributed by atoms with Crippen molar-refractivity contribution in [3.63, 3.8) is 0 Å². The maximum atomic E-state index is 12.1. The van der Waals surface area contributed by atoms with E-state index < -0.39 is 0 Å². The van der Waals surface area contributed by atoms with Crippen LogP contribution in [0.3, 0.4) is 0 Å². The van der Waals surface area contributed by atoms with E-state index >= 15 is 0 Å². The van der Waals surface area contributed by atoms with Crippen LogP contribution >= 0.6 is 15.9 Å². The molecule has 1 amide bonds. The molecule has 3 nitrogen and oxygen atoms in total. The van der Waals surface area contributed by atoms with Gasteiger partial charge in [-0.15, -0.1) is 0 Å². The van der Waals surface area contributed by atoms with Crippen molar-refractivity contribution < 1.29 is 9.53 Å². The third-order valence-corrected chi connectivity index (χ3v) is 3.69. The molecule has 1 unspecified atom stereocenters. The molecule has 1 N–H and O–H groups in total. The summed E-state index contributed by atoms with van der Waals surface area (Å²) in [6, 6.07) is 15.3. The van der Waals surface area contributed by atoms with Crippen molar-refractivity contribution >= 4 is 21.8 Å². The number of ether oxygens (including phenoxy) is 1. The highest BCUT2D eigenvalue weighted by Gasteiger charge is 2.10. The highest BCUT2D eigenvalue weighted by atomic mass is 79.9. The van der Waals surface area contributed by atoms with Crippen molar-refractivity contribution in [1.29, 1.82) is 0 Å². The molecule has 0 aromatic heterocycles. The minimum atomic E-state index is -0.0575. The summed E-state index contributed by atoms with van der Waals surface area (Å²) in [5.41, 5.74) is 1.80. The van der Waals surface area contributed by atoms with Gasteiger partial charge in [0.2, 0.25) is 0 Å². The van der Waals surface area contributed by atoms with Crippen LogP contribution in [0, 0.1) is 0 Å². The number of carbonyl (C=O) groups excluding carboxylic acids is 1. The van der Waals surface area contributed by atoms with Crippen molar-refractivity contribution in [3.8, 4) is 5.75 Å². The summed E-state index contributed by atoms with van der Waals surface area (Å²) in [7, 11) is 1.65. The Hall–Kier alpha value is -1.81. The SMILES string of the molecule is COc1cccc(CC(C)NC(=O)c2ccc(Br)cc2)c1. The maximum Gasteiger partial charge on any atom is 0.251 e. The average Bonchev–Trinajstić information content (AvgIpc) is 2.47. The van der Waals surface area contributed by atoms with Crippen LogP contribution in [0.2, 0.25) is 0 Å². The second-order valence-corrected chi connectivity index (χ2v) is 5.85. The highest BCUT2D eigenvalue weighted by molar-refractivity contribution is 9.10. The fraction of sp³-hybridized carbons (Fsp3) is 0.235. The molecule has 2 aromatic rings. The van der Waals surface area contributed by atoms with E-state index in [9.17, 15) is 4.79 Å². The smallest absolute Gasteiger partial charge is 0.251 e. The Morgan fingerprint density at radius 2 is 1.95 bits per heavy atom. The van der Waals surface area contributed by atoms with Crippen LogP contribution in [-0.2, 0) is 6.42 Å². The van der Waals surface area contributed by atoms with Gasteiger partial charge in [-0.1, -0.05) is 28.1 Å². The molecule has 2 aromatic carbocycles. The Bertz CT molecular complexity index is 610. The summed E-state index contributed by atoms with van der Waals surface area (Å²) in [5.74, 6) is 0.775. The summed E-state index contributed by atoms with van der Waals surface area (Å²) >= 11 is 3.36. The Morgan fingerprint density at radius 1 is 1.24 bits per heavy atom. The summed E-state index contributed by atoms with van der Waals surface area (Å²) in [5, 5.41) is 3.01. The van der Waals surface area contributed by atoms with Crippen molar-refractivity contribution in [3.05, 3.63) is 64.1 Å². The fourth-order valence-corrected chi connectivity index (χ4v) is 2.38. The van der Waals surface area contributed by atoms with Crippen LogP contribution in [-0.4, -0.2) is 19.1 Å². The monoisotopic (exact) mass is 347 g/mol. The van der Waals surface area contributed by atoms with Gasteiger partial charge in [-0.2, -0.15) is 0 Å². The van der Waals surface area contributed by atoms with Crippen LogP contribution in [0.1, 0.15) is 22.8 Å². The summed E-state index contributed by atoms with van der Waals surface area (Å²) in [4.78, 5) is 12.1. The Labute approximate surface area is 133 Å². The normalized spacial score (nSPS) is 11.8. The molecule has 0 aliphatic rings. The number of carbonyl (C=O) groups is 1. The number of benzene rings is 2. The summed E-state index contributed by atoms with van der Waals surface area (Å²) < 4.78 is 6.17. The number of hydrogen-bond acceptors (Lipinski definition) is 2. The van der Waals surface area contributed by atoms with Crippen LogP contribution < -0.4 is 10.1 Å². The second kappa shape index (κ2) is 7.27. The van der Waals surface area contributed by atoms with E-state index in [-0.39, 0.29) is 11.9 Å². The lowest BCUT2D eigenvalue weighted by atomic mass is 10.1. The lowest BCUT2D eigenvalue weighted by molar-refractivity contribution is 0.0940. The first-order chi connectivity index (χ1) is 10.1. The summed E-state index contributed by atoms with van der Waals surface area (Å²) in [6.07, 6.45) is 0.763. The molecule has 0 saturated carbocycles. The number of nitrogens with one attached hydrogen (secondary N) is 1. The average molecular weight is 348 g/mol. The van der Waals surface area contributed by atoms with E-state index in [4.69, 9.17) is 4.74 Å². The van der Waals surface area contributed by atoms with Crippen molar-refractivity contribution in [2.24, 2.45) is 0 Å². The lowest BCUT2D eigenvalue weighted by Crippen LogP contribution is -2.34. The van der Waals surface area contributed by atoms with Crippen molar-refractivity contribution in [2.45, 2.75) is 19.4 Å². The molecule has 0 spiro atoms. The molecule has 1 atom stereocenters. The van der Waals surface area contributed by atoms with Gasteiger partial charge < -0.3 is 10.1 Å². The van der Waals surface area contributed by atoms with E-state index in [1.54, 1.807) is 19.2 Å². The van der Waals surface area contributed by atoms with Gasteiger partial charge in [-0.3, -0.25) is 4.79 Å². The van der Waals surface area contributed by atoms with E-state index in [0.29, 0.717) is 5.56 Å². The van der Waals surface area contributed by atoms with Crippen LogP contribution in [0.15, 0.2) is 53.0 Å². The lowest BCUT2D eigenvalue weighted by Gasteiger charge is -2.14. The Morgan fingerprint density at radius 3 is 2.62 bits per heavy atom. The van der Waals surface area contributed by atoms with Gasteiger partial charge in [0.15, 0.2) is 0 Å². The van der Waals surface area contributed by atoms with Gasteiger partial charge in [0.25, 0.3) is 5.91 Å². The number of hydrogen-bond donors (Lipinski definition) is 1. The zero-order valence-electron chi connectivity index (χ0n) is 12.1. The molecule has 2 rings (SSSR count). The quantitative estimate of drug-likeness (QED) is 0.892. The van der Waals surface area contributed by atoms with E-state index in [1.807, 2.05) is 43.3 Å². The molecule has 0 fully saturated rings. The third-order valence-electron chi connectivity index (χ3n) is 3.16. The first-order valence-electron chi connectivity index (χ1n) is 6.78. The second-order valence-electron chi connectivity index (χ2n) is 4.94. The summed E-state index contributed by atoms with van der Waals surface area (Å²) in [6.45, 7) is 2.00. The molecule has 21 heavy (non-hydrogen) atoms. The van der Waals surface area contributed by atoms with Gasteiger partial charge in [0.1, 0.15) is 5.75 Å². The topological polar surface area (TPSA) is 38.3 Å². The van der Waals surface area contributed by atoms with Gasteiger partial charge in [0, 0.05) is 16.1 Å². The number of amides is 1. The largest absolute Gasteiger partial charge is 0.497 e. The fourth-order valence-electron chi connectivity index (χ4n) is 2.11. The van der Waals surface area contributed by atoms with Gasteiger partial charge in [-0.25, -0.2) is 0 Å². The molecule has 0 aliphatic heterocycles. The van der Waals surface area contributed by atoms with E-state index in [1.165, 1.54) is 0 Å². The zero-order valence-corrected chi connectivity index (χ0v) is 13.7. The molecular weight excluding hydrogens is 330 g/mol. The Kier molecular flexibility index (Phi) is 5.39. The molecule has 4 heteroatoms. The van der Waals surface area contributed by atoms with Gasteiger partial charge in [-0.05, 0) is 55.3 Å². The zero-order chi connectivity index (χ0) is 15.2. The van der Waals surface area contributed by atoms with Gasteiger partial charge in [0.05, 0.1) is 7.11 Å². The predicted octanol–water partition coefficient (Wildman–Crippen LogP) is 3.82. The minimum absolute atomic E-state index is 0.0493. The van der Waals surface area contributed by atoms with Gasteiger partial charge >= 0.3 is 0 Å². The van der Waals surface area contributed by atoms with Crippen LogP contribution in [0.5, 0.6) is 5.75 Å². The number of methoxy groups -OCH3 is 1. The molecule has 110 valence electrons. The van der Waals surface area contributed by atoms with Crippen LogP contribution in [0.25, 0.3) is 0 Å². The number of halogens is 1. The van der Waals surface area contributed by atoms with Crippen molar-refractivity contribution in [1.82, 2.24) is 5.32 Å². The standard InChI is InChI=1S/C17H18BrNO2/c1-12(10-13-4-3-5-16(11-13)21-2)19-17(20)14-6-8-15(18)9-7-14/h3-9,11-12H,10H2,1-2H3,(H,19,20). The Balaban J connectivity index is 1.96. The molecule has 0 heterocycles. The first-order valence-corrected chi connectivity index (χ1v) is 7.57. The molecular formula is C17H18BrNO2. The minimum Gasteiger partial charge on any atom is -0.497 e.